The van der Waals surface area contributed by atoms with Crippen molar-refractivity contribution >= 4 is 27.4 Å². The molecule has 0 unspecified atom stereocenters. The number of hydrogen-bond donors (Lipinski definition) is 1. The van der Waals surface area contributed by atoms with Crippen LogP contribution < -0.4 is 10.2 Å². The minimum absolute atomic E-state index is 0.677. The molecule has 1 aromatic carbocycles. The molecular formula is C13H17N3S. The van der Waals surface area contributed by atoms with E-state index in [1.54, 1.807) is 11.5 Å². The van der Waals surface area contributed by atoms with Crippen molar-refractivity contribution in [1.29, 1.82) is 0 Å². The Morgan fingerprint density at radius 2 is 2.06 bits per heavy atom. The van der Waals surface area contributed by atoms with Crippen LogP contribution >= 0.6 is 11.5 Å². The summed E-state index contributed by atoms with van der Waals surface area (Å²) in [7, 11) is 2.05. The minimum atomic E-state index is 0.677. The van der Waals surface area contributed by atoms with Gasteiger partial charge >= 0.3 is 0 Å². The van der Waals surface area contributed by atoms with Crippen molar-refractivity contribution in [2.45, 2.75) is 18.9 Å². The largest absolute Gasteiger partial charge is 0.355 e. The molecule has 0 spiro atoms. The molecule has 17 heavy (non-hydrogen) atoms. The summed E-state index contributed by atoms with van der Waals surface area (Å²) in [6.45, 7) is 2.22. The Balaban J connectivity index is 1.85. The zero-order chi connectivity index (χ0) is 11.7. The van der Waals surface area contributed by atoms with Gasteiger partial charge in [0.05, 0.1) is 4.70 Å². The van der Waals surface area contributed by atoms with Crippen LogP contribution in [0.1, 0.15) is 12.8 Å². The number of fused-ring (bicyclic) bond motifs is 1. The molecule has 0 saturated carbocycles. The van der Waals surface area contributed by atoms with Gasteiger partial charge in [0.2, 0.25) is 0 Å². The Hall–Kier alpha value is -1.13. The summed E-state index contributed by atoms with van der Waals surface area (Å²) >= 11 is 1.61. The first-order valence-corrected chi connectivity index (χ1v) is 6.92. The van der Waals surface area contributed by atoms with Gasteiger partial charge in [-0.15, -0.1) is 0 Å². The monoisotopic (exact) mass is 247 g/mol. The Morgan fingerprint density at radius 1 is 1.29 bits per heavy atom. The zero-order valence-electron chi connectivity index (χ0n) is 10.0. The van der Waals surface area contributed by atoms with Crippen LogP contribution in [0.4, 0.5) is 5.82 Å². The van der Waals surface area contributed by atoms with E-state index < -0.39 is 0 Å². The second kappa shape index (κ2) is 4.63. The number of anilines is 1. The van der Waals surface area contributed by atoms with Gasteiger partial charge in [-0.05, 0) is 43.6 Å². The lowest BCUT2D eigenvalue weighted by molar-refractivity contribution is 0.442. The quantitative estimate of drug-likeness (QED) is 0.883. The van der Waals surface area contributed by atoms with Crippen LogP contribution in [0.15, 0.2) is 24.3 Å². The topological polar surface area (TPSA) is 28.2 Å². The van der Waals surface area contributed by atoms with E-state index in [0.29, 0.717) is 6.04 Å². The fraction of sp³-hybridized carbons (Fsp3) is 0.462. The third kappa shape index (κ3) is 2.03. The van der Waals surface area contributed by atoms with Crippen molar-refractivity contribution in [3.05, 3.63) is 24.3 Å². The zero-order valence-corrected chi connectivity index (χ0v) is 10.8. The first-order chi connectivity index (χ1) is 8.38. The molecule has 1 aliphatic rings. The predicted molar refractivity (Wildman–Crippen MR) is 73.9 cm³/mol. The second-order valence-corrected chi connectivity index (χ2v) is 5.36. The van der Waals surface area contributed by atoms with Crippen LogP contribution in [0.25, 0.3) is 10.1 Å². The summed E-state index contributed by atoms with van der Waals surface area (Å²) in [5, 5.41) is 4.67. The number of nitrogens with zero attached hydrogens (tertiary/aromatic N) is 2. The lowest BCUT2D eigenvalue weighted by Gasteiger charge is -2.32. The third-order valence-electron chi connectivity index (χ3n) is 3.56. The Kier molecular flexibility index (Phi) is 2.99. The number of hydrogen-bond acceptors (Lipinski definition) is 4. The van der Waals surface area contributed by atoms with E-state index in [1.165, 1.54) is 28.7 Å². The summed E-state index contributed by atoms with van der Waals surface area (Å²) in [6, 6.07) is 9.18. The lowest BCUT2D eigenvalue weighted by Crippen LogP contribution is -2.41. The molecule has 0 amide bonds. The molecular weight excluding hydrogens is 230 g/mol. The molecule has 2 aromatic rings. The van der Waals surface area contributed by atoms with Crippen molar-refractivity contribution < 1.29 is 0 Å². The summed E-state index contributed by atoms with van der Waals surface area (Å²) in [5.74, 6) is 1.18. The van der Waals surface area contributed by atoms with E-state index >= 15 is 0 Å². The van der Waals surface area contributed by atoms with Gasteiger partial charge in [0.1, 0.15) is 5.82 Å². The minimum Gasteiger partial charge on any atom is -0.355 e. The smallest absolute Gasteiger partial charge is 0.150 e. The number of rotatable bonds is 2. The molecule has 0 aliphatic carbocycles. The molecule has 0 radical (unpaired) electrons. The van der Waals surface area contributed by atoms with E-state index in [-0.39, 0.29) is 0 Å². The highest BCUT2D eigenvalue weighted by Gasteiger charge is 2.20. The average molecular weight is 247 g/mol. The Bertz CT molecular complexity index is 500. The van der Waals surface area contributed by atoms with Crippen LogP contribution in [0.3, 0.4) is 0 Å². The second-order valence-electron chi connectivity index (χ2n) is 4.55. The molecule has 2 heterocycles. The van der Waals surface area contributed by atoms with Crippen LogP contribution in [0.5, 0.6) is 0 Å². The molecule has 3 nitrogen and oxygen atoms in total. The highest BCUT2D eigenvalue weighted by molar-refractivity contribution is 7.13. The van der Waals surface area contributed by atoms with Gasteiger partial charge in [0, 0.05) is 24.5 Å². The normalized spacial score (nSPS) is 17.8. The molecule has 4 heteroatoms. The van der Waals surface area contributed by atoms with Crippen LogP contribution in [0, 0.1) is 0 Å². The molecule has 1 fully saturated rings. The van der Waals surface area contributed by atoms with Crippen molar-refractivity contribution in [2.24, 2.45) is 0 Å². The Labute approximate surface area is 106 Å². The maximum absolute atomic E-state index is 4.62. The van der Waals surface area contributed by atoms with Gasteiger partial charge in [-0.1, -0.05) is 12.1 Å². The van der Waals surface area contributed by atoms with E-state index in [1.807, 2.05) is 0 Å². The fourth-order valence-electron chi connectivity index (χ4n) is 2.48. The van der Waals surface area contributed by atoms with Crippen LogP contribution in [-0.4, -0.2) is 30.6 Å². The SMILES string of the molecule is CNC1CCN(c2nsc3ccccc23)CC1. The highest BCUT2D eigenvalue weighted by Crippen LogP contribution is 2.30. The standard InChI is InChI=1S/C13H17N3S/c1-14-10-6-8-16(9-7-10)13-11-4-2-3-5-12(11)17-15-13/h2-5,10,14H,6-9H2,1H3. The van der Waals surface area contributed by atoms with Gasteiger partial charge in [-0.3, -0.25) is 0 Å². The maximum Gasteiger partial charge on any atom is 0.150 e. The van der Waals surface area contributed by atoms with Gasteiger partial charge in [-0.25, -0.2) is 0 Å². The molecule has 1 saturated heterocycles. The molecule has 1 N–H and O–H groups in total. The number of benzene rings is 1. The summed E-state index contributed by atoms with van der Waals surface area (Å²) in [5.41, 5.74) is 0. The molecule has 1 aliphatic heterocycles. The van der Waals surface area contributed by atoms with Gasteiger partial charge < -0.3 is 10.2 Å². The lowest BCUT2D eigenvalue weighted by atomic mass is 10.1. The maximum atomic E-state index is 4.62. The highest BCUT2D eigenvalue weighted by atomic mass is 32.1. The van der Waals surface area contributed by atoms with Gasteiger partial charge in [0.15, 0.2) is 0 Å². The van der Waals surface area contributed by atoms with E-state index in [9.17, 15) is 0 Å². The van der Waals surface area contributed by atoms with Crippen molar-refractivity contribution in [1.82, 2.24) is 9.69 Å². The van der Waals surface area contributed by atoms with Gasteiger partial charge in [-0.2, -0.15) is 4.37 Å². The molecule has 90 valence electrons. The number of aromatic nitrogens is 1. The number of nitrogens with one attached hydrogen (secondary N) is 1. The molecule has 3 rings (SSSR count). The third-order valence-corrected chi connectivity index (χ3v) is 4.38. The average Bonchev–Trinajstić information content (AvgIpc) is 2.83. The molecule has 0 bridgehead atoms. The van der Waals surface area contributed by atoms with E-state index in [4.69, 9.17) is 0 Å². The van der Waals surface area contributed by atoms with E-state index in [0.717, 1.165) is 13.1 Å². The number of piperidine rings is 1. The summed E-state index contributed by atoms with van der Waals surface area (Å²) in [6.07, 6.45) is 2.42. The molecule has 0 atom stereocenters. The molecule has 1 aromatic heterocycles. The van der Waals surface area contributed by atoms with Crippen molar-refractivity contribution in [2.75, 3.05) is 25.0 Å². The van der Waals surface area contributed by atoms with Crippen molar-refractivity contribution in [3.8, 4) is 0 Å². The first-order valence-electron chi connectivity index (χ1n) is 6.15. The van der Waals surface area contributed by atoms with E-state index in [2.05, 4.69) is 45.9 Å². The van der Waals surface area contributed by atoms with Crippen LogP contribution in [0.2, 0.25) is 0 Å². The Morgan fingerprint density at radius 3 is 2.82 bits per heavy atom. The fourth-order valence-corrected chi connectivity index (χ4v) is 3.28. The van der Waals surface area contributed by atoms with Crippen LogP contribution in [-0.2, 0) is 0 Å². The summed E-state index contributed by atoms with van der Waals surface area (Å²) < 4.78 is 5.91. The van der Waals surface area contributed by atoms with Gasteiger partial charge in [0.25, 0.3) is 0 Å². The summed E-state index contributed by atoms with van der Waals surface area (Å²) in [4.78, 5) is 2.42. The first kappa shape index (κ1) is 11.0. The van der Waals surface area contributed by atoms with Crippen molar-refractivity contribution in [3.63, 3.8) is 0 Å². The predicted octanol–water partition coefficient (Wildman–Crippen LogP) is 2.48.